The van der Waals surface area contributed by atoms with E-state index in [0.717, 1.165) is 36.3 Å². The second-order valence-electron chi connectivity index (χ2n) is 9.05. The first-order valence-electron chi connectivity index (χ1n) is 11.6. The van der Waals surface area contributed by atoms with Crippen molar-refractivity contribution in [2.75, 3.05) is 13.1 Å². The fraction of sp³-hybridized carbons (Fsp3) is 0.231. The Morgan fingerprint density at radius 1 is 1.03 bits per heavy atom. The molecule has 1 aromatic carbocycles. The normalized spacial score (nSPS) is 14.3. The lowest BCUT2D eigenvalue weighted by Gasteiger charge is -2.29. The van der Waals surface area contributed by atoms with Crippen molar-refractivity contribution >= 4 is 5.97 Å². The molecule has 4 aromatic rings. The number of alkyl halides is 6. The van der Waals surface area contributed by atoms with Crippen molar-refractivity contribution < 1.29 is 36.2 Å². The number of aryl methyl sites for hydroxylation is 1. The number of benzene rings is 1. The molecular formula is C26H19F6N5O2. The summed E-state index contributed by atoms with van der Waals surface area (Å²) in [6, 6.07) is 10.0. The van der Waals surface area contributed by atoms with Crippen molar-refractivity contribution in [1.82, 2.24) is 25.1 Å². The molecule has 1 aliphatic rings. The van der Waals surface area contributed by atoms with E-state index >= 15 is 0 Å². The summed E-state index contributed by atoms with van der Waals surface area (Å²) in [5.41, 5.74) is -1.23. The second-order valence-corrected chi connectivity index (χ2v) is 9.05. The number of aromatic nitrogens is 4. The minimum atomic E-state index is -5.10. The molecule has 1 fully saturated rings. The van der Waals surface area contributed by atoms with E-state index in [0.29, 0.717) is 28.6 Å². The summed E-state index contributed by atoms with van der Waals surface area (Å²) in [6.07, 6.45) is -8.61. The van der Waals surface area contributed by atoms with Crippen LogP contribution in [-0.4, -0.2) is 43.9 Å². The van der Waals surface area contributed by atoms with Gasteiger partial charge in [-0.2, -0.15) is 31.4 Å². The van der Waals surface area contributed by atoms with Gasteiger partial charge in [0, 0.05) is 36.3 Å². The third kappa shape index (κ3) is 4.97. The molecule has 0 atom stereocenters. The van der Waals surface area contributed by atoms with Crippen LogP contribution in [0.2, 0.25) is 0 Å². The average molecular weight is 547 g/mol. The molecule has 7 nitrogen and oxygen atoms in total. The van der Waals surface area contributed by atoms with Gasteiger partial charge in [0.05, 0.1) is 23.1 Å². The Balaban J connectivity index is 1.67. The van der Waals surface area contributed by atoms with Gasteiger partial charge in [0.25, 0.3) is 0 Å². The summed E-state index contributed by atoms with van der Waals surface area (Å²) >= 11 is 0. The minimum absolute atomic E-state index is 0.0664. The van der Waals surface area contributed by atoms with E-state index in [1.807, 2.05) is 13.0 Å². The van der Waals surface area contributed by atoms with E-state index in [1.165, 1.54) is 12.1 Å². The largest absolute Gasteiger partial charge is 0.478 e. The van der Waals surface area contributed by atoms with Crippen LogP contribution in [-0.2, 0) is 12.4 Å². The zero-order chi connectivity index (χ0) is 28.1. The fourth-order valence-electron chi connectivity index (χ4n) is 4.48. The minimum Gasteiger partial charge on any atom is -0.478 e. The molecule has 1 saturated heterocycles. The second kappa shape index (κ2) is 9.49. The maximum Gasteiger partial charge on any atom is 0.434 e. The smallest absolute Gasteiger partial charge is 0.434 e. The van der Waals surface area contributed by atoms with Gasteiger partial charge in [0.1, 0.15) is 5.56 Å². The molecule has 4 heterocycles. The predicted octanol–water partition coefficient (Wildman–Crippen LogP) is 5.73. The monoisotopic (exact) mass is 547 g/mol. The highest BCUT2D eigenvalue weighted by atomic mass is 19.4. The topological polar surface area (TPSA) is 92.9 Å². The first-order chi connectivity index (χ1) is 18.3. The molecule has 39 heavy (non-hydrogen) atoms. The van der Waals surface area contributed by atoms with Crippen LogP contribution in [0.4, 0.5) is 26.3 Å². The Kier molecular flexibility index (Phi) is 6.41. The highest BCUT2D eigenvalue weighted by Gasteiger charge is 2.41. The number of carbonyl (C=O) groups is 1. The molecule has 0 amide bonds. The standard InChI is InChI=1S/C26H19F6N5O2/c1-13-7-14(5-6-17(13)15-9-33-10-15)22-18(8-16(11-34-22)25(27,28)29)20-3-2-4-21(36-20)37-23(26(30,31)32)19(12-35-37)24(38)39/h2-8,11-12,15,33H,9-10H2,1H3,(H,38,39). The lowest BCUT2D eigenvalue weighted by Crippen LogP contribution is -2.40. The van der Waals surface area contributed by atoms with E-state index in [-0.39, 0.29) is 17.0 Å². The predicted molar refractivity (Wildman–Crippen MR) is 127 cm³/mol. The number of carboxylic acids is 1. The van der Waals surface area contributed by atoms with Gasteiger partial charge in [-0.1, -0.05) is 18.2 Å². The number of hydrogen-bond donors (Lipinski definition) is 2. The van der Waals surface area contributed by atoms with Crippen LogP contribution in [0.5, 0.6) is 0 Å². The third-order valence-corrected chi connectivity index (χ3v) is 6.48. The molecule has 13 heteroatoms. The molecule has 0 aliphatic carbocycles. The molecule has 0 saturated carbocycles. The highest BCUT2D eigenvalue weighted by molar-refractivity contribution is 5.89. The number of pyridine rings is 2. The summed E-state index contributed by atoms with van der Waals surface area (Å²) in [7, 11) is 0. The first kappa shape index (κ1) is 26.4. The maximum absolute atomic E-state index is 13.7. The zero-order valence-corrected chi connectivity index (χ0v) is 20.1. The quantitative estimate of drug-likeness (QED) is 0.310. The Morgan fingerprint density at radius 3 is 2.36 bits per heavy atom. The van der Waals surface area contributed by atoms with Crippen LogP contribution >= 0.6 is 0 Å². The Bertz CT molecular complexity index is 1570. The van der Waals surface area contributed by atoms with Crippen LogP contribution in [0.3, 0.4) is 0 Å². The van der Waals surface area contributed by atoms with E-state index in [4.69, 9.17) is 0 Å². The Labute approximate surface area is 217 Å². The number of nitrogens with one attached hydrogen (secondary N) is 1. The Hall–Kier alpha value is -4.26. The molecule has 0 bridgehead atoms. The number of carboxylic acid groups (broad SMARTS) is 1. The molecule has 202 valence electrons. The molecule has 3 aromatic heterocycles. The Morgan fingerprint density at radius 2 is 1.77 bits per heavy atom. The van der Waals surface area contributed by atoms with Crippen LogP contribution in [0.1, 0.15) is 38.7 Å². The molecular weight excluding hydrogens is 528 g/mol. The van der Waals surface area contributed by atoms with Gasteiger partial charge in [-0.3, -0.25) is 4.98 Å². The van der Waals surface area contributed by atoms with E-state index in [1.54, 1.807) is 12.1 Å². The van der Waals surface area contributed by atoms with Gasteiger partial charge in [0.2, 0.25) is 0 Å². The highest BCUT2D eigenvalue weighted by Crippen LogP contribution is 2.38. The molecule has 2 N–H and O–H groups in total. The van der Waals surface area contributed by atoms with Crippen molar-refractivity contribution in [1.29, 1.82) is 0 Å². The summed E-state index contributed by atoms with van der Waals surface area (Å²) in [5.74, 6) is -1.95. The van der Waals surface area contributed by atoms with Gasteiger partial charge in [-0.15, -0.1) is 0 Å². The molecule has 0 unspecified atom stereocenters. The van der Waals surface area contributed by atoms with Crippen molar-refractivity contribution in [2.24, 2.45) is 0 Å². The summed E-state index contributed by atoms with van der Waals surface area (Å²) in [5, 5.41) is 15.9. The summed E-state index contributed by atoms with van der Waals surface area (Å²) in [6.45, 7) is 3.52. The lowest BCUT2D eigenvalue weighted by atomic mass is 9.88. The van der Waals surface area contributed by atoms with Crippen molar-refractivity contribution in [3.8, 4) is 28.3 Å². The van der Waals surface area contributed by atoms with Crippen LogP contribution in [0.25, 0.3) is 28.3 Å². The average Bonchev–Trinajstić information content (AvgIpc) is 3.30. The lowest BCUT2D eigenvalue weighted by molar-refractivity contribution is -0.143. The van der Waals surface area contributed by atoms with E-state index < -0.39 is 41.0 Å². The third-order valence-electron chi connectivity index (χ3n) is 6.48. The first-order valence-corrected chi connectivity index (χ1v) is 11.6. The SMILES string of the molecule is Cc1cc(-c2ncc(C(F)(F)F)cc2-c2cccc(-n3ncc(C(=O)O)c3C(F)(F)F)n2)ccc1C1CNC1. The molecule has 5 rings (SSSR count). The summed E-state index contributed by atoms with van der Waals surface area (Å²) < 4.78 is 82.4. The van der Waals surface area contributed by atoms with E-state index in [9.17, 15) is 36.2 Å². The molecule has 0 spiro atoms. The van der Waals surface area contributed by atoms with Gasteiger partial charge in [-0.25, -0.2) is 14.5 Å². The van der Waals surface area contributed by atoms with Gasteiger partial charge < -0.3 is 10.4 Å². The van der Waals surface area contributed by atoms with Crippen molar-refractivity contribution in [2.45, 2.75) is 25.2 Å². The van der Waals surface area contributed by atoms with Gasteiger partial charge >= 0.3 is 18.3 Å². The number of hydrogen-bond acceptors (Lipinski definition) is 5. The zero-order valence-electron chi connectivity index (χ0n) is 20.1. The van der Waals surface area contributed by atoms with Gasteiger partial charge in [0.15, 0.2) is 11.5 Å². The van der Waals surface area contributed by atoms with E-state index in [2.05, 4.69) is 20.4 Å². The van der Waals surface area contributed by atoms with Crippen molar-refractivity contribution in [3.63, 3.8) is 0 Å². The number of halogens is 6. The maximum atomic E-state index is 13.7. The number of nitrogens with zero attached hydrogens (tertiary/aromatic N) is 4. The van der Waals surface area contributed by atoms with Gasteiger partial charge in [-0.05, 0) is 42.3 Å². The number of aromatic carboxylic acids is 1. The summed E-state index contributed by atoms with van der Waals surface area (Å²) in [4.78, 5) is 19.6. The van der Waals surface area contributed by atoms with Crippen LogP contribution in [0.15, 0.2) is 54.9 Å². The van der Waals surface area contributed by atoms with Crippen LogP contribution in [0, 0.1) is 6.92 Å². The molecule has 1 aliphatic heterocycles. The van der Waals surface area contributed by atoms with Crippen molar-refractivity contribution in [3.05, 3.63) is 82.8 Å². The fourth-order valence-corrected chi connectivity index (χ4v) is 4.48. The van der Waals surface area contributed by atoms with Crippen LogP contribution < -0.4 is 5.32 Å². The molecule has 0 radical (unpaired) electrons. The number of rotatable bonds is 5.